The third-order valence-electron chi connectivity index (χ3n) is 3.42. The largest absolute Gasteiger partial charge is 0.480 e. The maximum absolute atomic E-state index is 12.0. The fraction of sp³-hybridized carbons (Fsp3) is 0.833. The number of carbonyl (C=O) groups is 2. The monoisotopic (exact) mass is 242 g/mol. The summed E-state index contributed by atoms with van der Waals surface area (Å²) in [6, 6.07) is -0.857. The van der Waals surface area contributed by atoms with Crippen LogP contribution < -0.4 is 11.1 Å². The Morgan fingerprint density at radius 3 is 2.18 bits per heavy atom. The molecule has 0 aromatic heterocycles. The first-order chi connectivity index (χ1) is 7.87. The van der Waals surface area contributed by atoms with Gasteiger partial charge >= 0.3 is 5.97 Å². The van der Waals surface area contributed by atoms with Crippen molar-refractivity contribution in [3.63, 3.8) is 0 Å². The highest BCUT2D eigenvalue weighted by molar-refractivity contribution is 5.90. The van der Waals surface area contributed by atoms with Crippen molar-refractivity contribution in [2.45, 2.75) is 57.5 Å². The zero-order valence-electron chi connectivity index (χ0n) is 10.5. The van der Waals surface area contributed by atoms with Crippen molar-refractivity contribution < 1.29 is 14.7 Å². The molecule has 0 heterocycles. The van der Waals surface area contributed by atoms with Gasteiger partial charge in [-0.2, -0.15) is 0 Å². The van der Waals surface area contributed by atoms with Crippen molar-refractivity contribution in [3.8, 4) is 0 Å². The number of nitrogens with one attached hydrogen (secondary N) is 1. The van der Waals surface area contributed by atoms with E-state index in [1.54, 1.807) is 13.8 Å². The summed E-state index contributed by atoms with van der Waals surface area (Å²) in [5, 5.41) is 11.6. The zero-order valence-corrected chi connectivity index (χ0v) is 10.5. The molecule has 0 aromatic rings. The van der Waals surface area contributed by atoms with E-state index in [2.05, 4.69) is 5.32 Å². The molecule has 0 aliphatic heterocycles. The summed E-state index contributed by atoms with van der Waals surface area (Å²) in [4.78, 5) is 23.0. The van der Waals surface area contributed by atoms with Gasteiger partial charge in [0.25, 0.3) is 0 Å². The van der Waals surface area contributed by atoms with E-state index in [4.69, 9.17) is 10.8 Å². The lowest BCUT2D eigenvalue weighted by Crippen LogP contribution is -2.59. The lowest BCUT2D eigenvalue weighted by atomic mass is 9.81. The van der Waals surface area contributed by atoms with Crippen molar-refractivity contribution in [1.29, 1.82) is 0 Å². The minimum atomic E-state index is -1.01. The maximum atomic E-state index is 12.0. The SMILES string of the molecule is CC(C)[C@@H](NC(=O)C1(N)CCCCC1)C(=O)O. The first-order valence-corrected chi connectivity index (χ1v) is 6.19. The lowest BCUT2D eigenvalue weighted by molar-refractivity contribution is -0.144. The normalized spacial score (nSPS) is 20.9. The van der Waals surface area contributed by atoms with Gasteiger partial charge in [-0.3, -0.25) is 4.79 Å². The summed E-state index contributed by atoms with van der Waals surface area (Å²) in [7, 11) is 0. The Balaban J connectivity index is 2.66. The molecule has 1 atom stereocenters. The topological polar surface area (TPSA) is 92.4 Å². The number of amides is 1. The molecule has 0 saturated heterocycles. The van der Waals surface area contributed by atoms with Gasteiger partial charge < -0.3 is 16.2 Å². The molecular weight excluding hydrogens is 220 g/mol. The fourth-order valence-corrected chi connectivity index (χ4v) is 2.21. The Hall–Kier alpha value is -1.10. The number of aliphatic carboxylic acids is 1. The Kier molecular flexibility index (Phi) is 4.51. The van der Waals surface area contributed by atoms with Crippen LogP contribution >= 0.6 is 0 Å². The van der Waals surface area contributed by atoms with Crippen LogP contribution in [0.25, 0.3) is 0 Å². The molecule has 1 rings (SSSR count). The minimum Gasteiger partial charge on any atom is -0.480 e. The van der Waals surface area contributed by atoms with Gasteiger partial charge in [0.2, 0.25) is 5.91 Å². The molecule has 1 aliphatic rings. The Morgan fingerprint density at radius 2 is 1.76 bits per heavy atom. The third-order valence-corrected chi connectivity index (χ3v) is 3.42. The highest BCUT2D eigenvalue weighted by Gasteiger charge is 2.37. The van der Waals surface area contributed by atoms with E-state index < -0.39 is 17.6 Å². The van der Waals surface area contributed by atoms with Crippen molar-refractivity contribution in [2.24, 2.45) is 11.7 Å². The Bertz CT molecular complexity index is 296. The number of carbonyl (C=O) groups excluding carboxylic acids is 1. The number of nitrogens with two attached hydrogens (primary N) is 1. The van der Waals surface area contributed by atoms with Crippen LogP contribution in [0.4, 0.5) is 0 Å². The predicted molar refractivity (Wildman–Crippen MR) is 64.4 cm³/mol. The molecule has 0 unspecified atom stereocenters. The standard InChI is InChI=1S/C12H22N2O3/c1-8(2)9(10(15)16)14-11(17)12(13)6-4-3-5-7-12/h8-9H,3-7,13H2,1-2H3,(H,14,17)(H,15,16)/t9-/m1/s1. The van der Waals surface area contributed by atoms with Crippen molar-refractivity contribution in [3.05, 3.63) is 0 Å². The second-order valence-corrected chi connectivity index (χ2v) is 5.25. The average molecular weight is 242 g/mol. The number of hydrogen-bond donors (Lipinski definition) is 3. The number of hydrogen-bond acceptors (Lipinski definition) is 3. The summed E-state index contributed by atoms with van der Waals surface area (Å²) >= 11 is 0. The molecule has 0 bridgehead atoms. The van der Waals surface area contributed by atoms with E-state index in [9.17, 15) is 9.59 Å². The van der Waals surface area contributed by atoms with Crippen LogP contribution in [0, 0.1) is 5.92 Å². The lowest BCUT2D eigenvalue weighted by Gasteiger charge is -2.33. The van der Waals surface area contributed by atoms with Crippen LogP contribution in [0.1, 0.15) is 46.0 Å². The van der Waals surface area contributed by atoms with Gasteiger partial charge in [-0.1, -0.05) is 33.1 Å². The smallest absolute Gasteiger partial charge is 0.326 e. The van der Waals surface area contributed by atoms with Gasteiger partial charge in [0, 0.05) is 0 Å². The molecule has 1 saturated carbocycles. The van der Waals surface area contributed by atoms with Crippen LogP contribution in [-0.4, -0.2) is 28.6 Å². The highest BCUT2D eigenvalue weighted by atomic mass is 16.4. The highest BCUT2D eigenvalue weighted by Crippen LogP contribution is 2.26. The van der Waals surface area contributed by atoms with Crippen LogP contribution in [0.3, 0.4) is 0 Å². The number of rotatable bonds is 4. The molecule has 1 fully saturated rings. The fourth-order valence-electron chi connectivity index (χ4n) is 2.21. The summed E-state index contributed by atoms with van der Waals surface area (Å²) in [5.41, 5.74) is 5.17. The molecule has 4 N–H and O–H groups in total. The van der Waals surface area contributed by atoms with E-state index in [1.165, 1.54) is 0 Å². The molecule has 5 heteroatoms. The first kappa shape index (κ1) is 14.0. The second-order valence-electron chi connectivity index (χ2n) is 5.25. The molecule has 98 valence electrons. The van der Waals surface area contributed by atoms with Gasteiger partial charge in [-0.05, 0) is 18.8 Å². The molecule has 17 heavy (non-hydrogen) atoms. The van der Waals surface area contributed by atoms with E-state index in [-0.39, 0.29) is 11.8 Å². The van der Waals surface area contributed by atoms with Crippen molar-refractivity contribution in [1.82, 2.24) is 5.32 Å². The number of carboxylic acid groups (broad SMARTS) is 1. The predicted octanol–water partition coefficient (Wildman–Crippen LogP) is 0.873. The molecule has 5 nitrogen and oxygen atoms in total. The van der Waals surface area contributed by atoms with Crippen molar-refractivity contribution >= 4 is 11.9 Å². The minimum absolute atomic E-state index is 0.149. The van der Waals surface area contributed by atoms with E-state index in [0.29, 0.717) is 12.8 Å². The molecule has 1 amide bonds. The van der Waals surface area contributed by atoms with Crippen LogP contribution in [-0.2, 0) is 9.59 Å². The van der Waals surface area contributed by atoms with Crippen molar-refractivity contribution in [2.75, 3.05) is 0 Å². The van der Waals surface area contributed by atoms with Gasteiger partial charge in [0.1, 0.15) is 6.04 Å². The van der Waals surface area contributed by atoms with Crippen LogP contribution in [0.2, 0.25) is 0 Å². The molecular formula is C12H22N2O3. The Morgan fingerprint density at radius 1 is 1.24 bits per heavy atom. The summed E-state index contributed by atoms with van der Waals surface area (Å²) in [6.07, 6.45) is 4.25. The van der Waals surface area contributed by atoms with Gasteiger partial charge in [-0.15, -0.1) is 0 Å². The first-order valence-electron chi connectivity index (χ1n) is 6.19. The van der Waals surface area contributed by atoms with E-state index in [0.717, 1.165) is 19.3 Å². The van der Waals surface area contributed by atoms with E-state index in [1.807, 2.05) is 0 Å². The molecule has 0 aromatic carbocycles. The summed E-state index contributed by atoms with van der Waals surface area (Å²) < 4.78 is 0. The average Bonchev–Trinajstić information content (AvgIpc) is 2.25. The third kappa shape index (κ3) is 3.43. The van der Waals surface area contributed by atoms with Gasteiger partial charge in [0.15, 0.2) is 0 Å². The van der Waals surface area contributed by atoms with Crippen LogP contribution in [0.5, 0.6) is 0 Å². The zero-order chi connectivity index (χ0) is 13.1. The second kappa shape index (κ2) is 5.49. The van der Waals surface area contributed by atoms with Crippen LogP contribution in [0.15, 0.2) is 0 Å². The maximum Gasteiger partial charge on any atom is 0.326 e. The quantitative estimate of drug-likeness (QED) is 0.682. The molecule has 1 aliphatic carbocycles. The number of carboxylic acids is 1. The Labute approximate surface area is 102 Å². The summed E-state index contributed by atoms with van der Waals surface area (Å²) in [5.74, 6) is -1.48. The molecule has 0 radical (unpaired) electrons. The summed E-state index contributed by atoms with van der Waals surface area (Å²) in [6.45, 7) is 3.53. The molecule has 0 spiro atoms. The van der Waals surface area contributed by atoms with E-state index >= 15 is 0 Å². The van der Waals surface area contributed by atoms with Gasteiger partial charge in [0.05, 0.1) is 5.54 Å². The van der Waals surface area contributed by atoms with Gasteiger partial charge in [-0.25, -0.2) is 4.79 Å².